The van der Waals surface area contributed by atoms with Crippen molar-refractivity contribution in [1.29, 1.82) is 10.5 Å². The molecule has 0 aliphatic rings. The lowest BCUT2D eigenvalue weighted by atomic mass is 10.1. The number of hydrogen-bond donors (Lipinski definition) is 4. The fourth-order valence-corrected chi connectivity index (χ4v) is 2.30. The van der Waals surface area contributed by atoms with E-state index in [9.17, 15) is 9.59 Å². The fourth-order valence-electron chi connectivity index (χ4n) is 2.30. The number of aliphatic carboxylic acids is 1. The topological polar surface area (TPSA) is 172 Å². The molecule has 9 nitrogen and oxygen atoms in total. The lowest BCUT2D eigenvalue weighted by molar-refractivity contribution is -0.138. The molecular weight excluding hydrogens is 476 g/mol. The number of carboxylic acid groups (broad SMARTS) is 1. The minimum absolute atomic E-state index is 0.0446. The molecule has 4 N–H and O–H groups in total. The molecule has 0 aliphatic heterocycles. The molecule has 9 heteroatoms. The van der Waals surface area contributed by atoms with Crippen LogP contribution in [-0.2, 0) is 14.3 Å². The Morgan fingerprint density at radius 2 is 1.24 bits per heavy atom. The van der Waals surface area contributed by atoms with Gasteiger partial charge in [0.15, 0.2) is 0 Å². The molecule has 2 aromatic carbocycles. The second kappa shape index (κ2) is 19.7. The Labute approximate surface area is 216 Å². The number of aromatic hydroxyl groups is 2. The molecule has 196 valence electrons. The summed E-state index contributed by atoms with van der Waals surface area (Å²) < 4.78 is 4.95. The first-order valence-electron chi connectivity index (χ1n) is 11.5. The van der Waals surface area contributed by atoms with Crippen LogP contribution in [0.3, 0.4) is 0 Å². The highest BCUT2D eigenvalue weighted by Gasteiger charge is 2.10. The first-order chi connectivity index (χ1) is 17.7. The molecule has 0 amide bonds. The summed E-state index contributed by atoms with van der Waals surface area (Å²) in [4.78, 5) is 22.0. The number of aliphatic hydroxyl groups is 1. The molecule has 0 aliphatic carbocycles. The van der Waals surface area contributed by atoms with Gasteiger partial charge in [-0.15, -0.1) is 0 Å². The maximum atomic E-state index is 11.6. The molecule has 0 unspecified atom stereocenters. The molecule has 0 spiro atoms. The van der Waals surface area contributed by atoms with Crippen molar-refractivity contribution in [2.24, 2.45) is 0 Å². The summed E-state index contributed by atoms with van der Waals surface area (Å²) in [6.45, 7) is 4.71. The SMILES string of the molecule is CCCCO.CCCCOC(=O)/C(C#N)=C/c1ccc(O)cc1.N#C/C(=C\c1ccc(O)cc1)C(=O)O. The molecule has 0 atom stereocenters. The highest BCUT2D eigenvalue weighted by Crippen LogP contribution is 2.14. The smallest absolute Gasteiger partial charge is 0.348 e. The zero-order chi connectivity index (χ0) is 28.1. The summed E-state index contributed by atoms with van der Waals surface area (Å²) in [5.74, 6) is -1.65. The molecular formula is C28H32N2O7. The van der Waals surface area contributed by atoms with Crippen LogP contribution >= 0.6 is 0 Å². The van der Waals surface area contributed by atoms with E-state index in [-0.39, 0.29) is 22.6 Å². The number of benzene rings is 2. The number of ether oxygens (including phenoxy) is 1. The lowest BCUT2D eigenvalue weighted by Gasteiger charge is -2.02. The van der Waals surface area contributed by atoms with Gasteiger partial charge in [0.2, 0.25) is 0 Å². The highest BCUT2D eigenvalue weighted by molar-refractivity contribution is 5.98. The number of unbranched alkanes of at least 4 members (excludes halogenated alkanes) is 2. The Morgan fingerprint density at radius 1 is 0.811 bits per heavy atom. The molecule has 0 radical (unpaired) electrons. The molecule has 0 fully saturated rings. The summed E-state index contributed by atoms with van der Waals surface area (Å²) in [7, 11) is 0. The number of carbonyl (C=O) groups is 2. The predicted molar refractivity (Wildman–Crippen MR) is 139 cm³/mol. The minimum Gasteiger partial charge on any atom is -0.508 e. The molecule has 2 aromatic rings. The molecule has 2 rings (SSSR count). The quantitative estimate of drug-likeness (QED) is 0.160. The van der Waals surface area contributed by atoms with Crippen LogP contribution in [-0.4, -0.2) is 45.6 Å². The van der Waals surface area contributed by atoms with E-state index in [1.54, 1.807) is 18.2 Å². The van der Waals surface area contributed by atoms with Crippen LogP contribution in [0.5, 0.6) is 11.5 Å². The Balaban J connectivity index is 0.000000605. The number of esters is 1. The third-order valence-corrected chi connectivity index (χ3v) is 4.34. The second-order valence-electron chi connectivity index (χ2n) is 7.39. The van der Waals surface area contributed by atoms with Crippen LogP contribution in [0.25, 0.3) is 12.2 Å². The average molecular weight is 509 g/mol. The zero-order valence-electron chi connectivity index (χ0n) is 20.9. The van der Waals surface area contributed by atoms with Crippen LogP contribution in [0.4, 0.5) is 0 Å². The van der Waals surface area contributed by atoms with E-state index in [1.807, 2.05) is 13.0 Å². The molecule has 0 heterocycles. The van der Waals surface area contributed by atoms with Gasteiger partial charge in [0.1, 0.15) is 34.8 Å². The van der Waals surface area contributed by atoms with E-state index in [4.69, 9.17) is 35.7 Å². The van der Waals surface area contributed by atoms with Gasteiger partial charge in [-0.3, -0.25) is 0 Å². The summed E-state index contributed by atoms with van der Waals surface area (Å²) in [6, 6.07) is 15.5. The first-order valence-corrected chi connectivity index (χ1v) is 11.5. The molecule has 0 saturated carbocycles. The van der Waals surface area contributed by atoms with Crippen molar-refractivity contribution < 1.29 is 34.8 Å². The van der Waals surface area contributed by atoms with Crippen LogP contribution in [0.1, 0.15) is 50.7 Å². The molecule has 0 saturated heterocycles. The number of phenols is 2. The van der Waals surface area contributed by atoms with Crippen molar-refractivity contribution in [3.05, 3.63) is 70.8 Å². The van der Waals surface area contributed by atoms with Crippen molar-refractivity contribution in [2.45, 2.75) is 39.5 Å². The fraction of sp³-hybridized carbons (Fsp3) is 0.286. The van der Waals surface area contributed by atoms with Crippen LogP contribution in [0.2, 0.25) is 0 Å². The van der Waals surface area contributed by atoms with Crippen molar-refractivity contribution in [1.82, 2.24) is 0 Å². The van der Waals surface area contributed by atoms with Crippen LogP contribution in [0.15, 0.2) is 59.7 Å². The maximum absolute atomic E-state index is 11.6. The van der Waals surface area contributed by atoms with Gasteiger partial charge in [0.05, 0.1) is 6.61 Å². The van der Waals surface area contributed by atoms with E-state index in [0.717, 1.165) is 25.7 Å². The number of hydrogen-bond acceptors (Lipinski definition) is 8. The number of carbonyl (C=O) groups excluding carboxylic acids is 1. The first kappa shape index (κ1) is 32.4. The van der Waals surface area contributed by atoms with Gasteiger partial charge in [-0.05, 0) is 60.4 Å². The monoisotopic (exact) mass is 508 g/mol. The van der Waals surface area contributed by atoms with Gasteiger partial charge >= 0.3 is 11.9 Å². The summed E-state index contributed by atoms with van der Waals surface area (Å²) in [6.07, 6.45) is 6.42. The summed E-state index contributed by atoms with van der Waals surface area (Å²) in [5.41, 5.74) is 0.839. The van der Waals surface area contributed by atoms with Crippen molar-refractivity contribution in [2.75, 3.05) is 13.2 Å². The van der Waals surface area contributed by atoms with Gasteiger partial charge < -0.3 is 25.2 Å². The van der Waals surface area contributed by atoms with Crippen molar-refractivity contribution >= 4 is 24.1 Å². The normalized spacial score (nSPS) is 10.4. The number of phenolic OH excluding ortho intramolecular Hbond substituents is 2. The largest absolute Gasteiger partial charge is 0.508 e. The van der Waals surface area contributed by atoms with Crippen LogP contribution in [0, 0.1) is 22.7 Å². The Morgan fingerprint density at radius 3 is 1.57 bits per heavy atom. The average Bonchev–Trinajstić information content (AvgIpc) is 2.89. The molecule has 37 heavy (non-hydrogen) atoms. The van der Waals surface area contributed by atoms with E-state index in [1.165, 1.54) is 48.6 Å². The van der Waals surface area contributed by atoms with E-state index < -0.39 is 11.9 Å². The van der Waals surface area contributed by atoms with Gasteiger partial charge in [-0.1, -0.05) is 51.0 Å². The van der Waals surface area contributed by atoms with Gasteiger partial charge in [0.25, 0.3) is 0 Å². The standard InChI is InChI=1S/C14H15NO3.C10H7NO3.C4H10O/c1-2-3-8-18-14(17)12(10-15)9-11-4-6-13(16)7-5-11;11-6-8(10(13)14)5-7-1-3-9(12)4-2-7;1-2-3-4-5/h4-7,9,16H,2-3,8H2,1H3;1-5,12H,(H,13,14);5H,2-4H2,1H3/b12-9+;8-5+;. The summed E-state index contributed by atoms with van der Waals surface area (Å²) >= 11 is 0. The maximum Gasteiger partial charge on any atom is 0.348 e. The van der Waals surface area contributed by atoms with Crippen molar-refractivity contribution in [3.63, 3.8) is 0 Å². The Hall–Kier alpha value is -4.60. The van der Waals surface area contributed by atoms with Crippen molar-refractivity contribution in [3.8, 4) is 23.6 Å². The third-order valence-electron chi connectivity index (χ3n) is 4.34. The number of nitrogens with zero attached hydrogens (tertiary/aromatic N) is 2. The minimum atomic E-state index is -1.26. The van der Waals surface area contributed by atoms with E-state index in [2.05, 4.69) is 6.92 Å². The summed E-state index contributed by atoms with van der Waals surface area (Å²) in [5, 5.41) is 52.1. The zero-order valence-corrected chi connectivity index (χ0v) is 20.9. The number of carboxylic acids is 1. The third kappa shape index (κ3) is 15.1. The number of rotatable bonds is 9. The molecule has 0 bridgehead atoms. The van der Waals surface area contributed by atoms with Gasteiger partial charge in [0, 0.05) is 6.61 Å². The second-order valence-corrected chi connectivity index (χ2v) is 7.39. The van der Waals surface area contributed by atoms with Crippen LogP contribution < -0.4 is 0 Å². The van der Waals surface area contributed by atoms with Gasteiger partial charge in [-0.2, -0.15) is 10.5 Å². The highest BCUT2D eigenvalue weighted by atomic mass is 16.5. The lowest BCUT2D eigenvalue weighted by Crippen LogP contribution is -2.07. The number of nitriles is 2. The van der Waals surface area contributed by atoms with E-state index >= 15 is 0 Å². The van der Waals surface area contributed by atoms with Gasteiger partial charge in [-0.25, -0.2) is 9.59 Å². The predicted octanol–water partition coefficient (Wildman–Crippen LogP) is 4.81. The Kier molecular flexibility index (Phi) is 17.2. The number of aliphatic hydroxyl groups excluding tert-OH is 1. The molecule has 0 aromatic heterocycles. The Bertz CT molecular complexity index is 1110. The van der Waals surface area contributed by atoms with E-state index in [0.29, 0.717) is 24.3 Å².